The molecule has 5 heteroatoms. The molecule has 4 aromatic heterocycles. The molecule has 12 aromatic carbocycles. The lowest BCUT2D eigenvalue weighted by molar-refractivity contribution is 1.19. The van der Waals surface area contributed by atoms with Gasteiger partial charge in [0.05, 0.1) is 22.1 Å². The number of thiophene rings is 2. The van der Waals surface area contributed by atoms with Crippen molar-refractivity contribution in [3.05, 3.63) is 255 Å². The average molecular weight is 1030 g/mol. The van der Waals surface area contributed by atoms with E-state index in [1.807, 2.05) is 22.7 Å². The third-order valence-corrected chi connectivity index (χ3v) is 24.6. The molecular weight excluding hydrogens is 985 g/mol. The molecule has 0 aliphatic carbocycles. The van der Waals surface area contributed by atoms with Gasteiger partial charge < -0.3 is 9.13 Å². The molecule has 2 aliphatic rings. The summed E-state index contributed by atoms with van der Waals surface area (Å²) in [5.74, 6) is 0. The molecule has 0 saturated heterocycles. The molecule has 1 spiro atoms. The Bertz CT molecular complexity index is 4820. The van der Waals surface area contributed by atoms with Crippen LogP contribution in [0.25, 0.3) is 140 Å². The van der Waals surface area contributed by atoms with Gasteiger partial charge in [-0.2, -0.15) is 0 Å². The SMILES string of the molecule is c1ccc2c(c1)-c1cc3sc4ccc(-n5c6ccccc6c6ccccc65)cc4c3cc1-c1ccccc1[Si]21c2ccccc2-c2cc3sc4ccc(-n5c6ccccc6c6ccccc65)cc4c3cc2-c2ccccc21. The summed E-state index contributed by atoms with van der Waals surface area (Å²) in [6, 6.07) is 97.7. The summed E-state index contributed by atoms with van der Waals surface area (Å²) in [4.78, 5) is 0. The topological polar surface area (TPSA) is 9.86 Å². The van der Waals surface area contributed by atoms with E-state index in [0.717, 1.165) is 0 Å². The highest BCUT2D eigenvalue weighted by Crippen LogP contribution is 2.48. The molecule has 16 aromatic rings. The van der Waals surface area contributed by atoms with Crippen molar-refractivity contribution in [2.75, 3.05) is 0 Å². The molecule has 0 amide bonds. The molecule has 0 unspecified atom stereocenters. The van der Waals surface area contributed by atoms with E-state index in [0.29, 0.717) is 0 Å². The van der Waals surface area contributed by atoms with Crippen molar-refractivity contribution in [2.24, 2.45) is 0 Å². The Morgan fingerprint density at radius 3 is 0.857 bits per heavy atom. The van der Waals surface area contributed by atoms with Gasteiger partial charge in [0.25, 0.3) is 0 Å². The summed E-state index contributed by atoms with van der Waals surface area (Å²) in [5.41, 5.74) is 17.8. The van der Waals surface area contributed by atoms with E-state index in [-0.39, 0.29) is 0 Å². The zero-order chi connectivity index (χ0) is 50.1. The zero-order valence-electron chi connectivity index (χ0n) is 41.5. The maximum atomic E-state index is 2.55. The molecule has 0 fully saturated rings. The van der Waals surface area contributed by atoms with Gasteiger partial charge in [-0.15, -0.1) is 22.7 Å². The molecule has 356 valence electrons. The van der Waals surface area contributed by atoms with Crippen LogP contribution in [0.3, 0.4) is 0 Å². The van der Waals surface area contributed by atoms with Crippen LogP contribution in [0.1, 0.15) is 0 Å². The van der Waals surface area contributed by atoms with Crippen molar-refractivity contribution in [2.45, 2.75) is 0 Å². The normalized spacial score (nSPS) is 13.3. The molecule has 2 aliphatic heterocycles. The van der Waals surface area contributed by atoms with Gasteiger partial charge in [0.1, 0.15) is 0 Å². The Hall–Kier alpha value is -9.10. The standard InChI is InChI=1S/C72H42N2S2Si/c1-9-25-61-45(17-1)46-18-2-10-26-62(46)73(61)43-33-35-65-57(37-43)59-39-53-49-21-5-13-29-69(49)77(71-31-15-7-23-51(71)55(53)41-67(59)75-65)70-30-14-6-22-50(70)54-40-60-58-38-44(74-63-27-11-3-19-47(63)48-20-4-12-28-64(48)74)34-36-66(58)76-68(60)42-56(54)52-24-8-16-32-72(52)77/h1-42H. The minimum absolute atomic E-state index is 1.18. The minimum atomic E-state index is -3.16. The number of hydrogen-bond acceptors (Lipinski definition) is 2. The highest BCUT2D eigenvalue weighted by Gasteiger charge is 2.50. The highest BCUT2D eigenvalue weighted by molar-refractivity contribution is 7.26. The van der Waals surface area contributed by atoms with E-state index in [1.165, 1.54) is 161 Å². The summed E-state index contributed by atoms with van der Waals surface area (Å²) < 4.78 is 10.1. The first-order valence-electron chi connectivity index (χ1n) is 26.6. The van der Waals surface area contributed by atoms with E-state index in [9.17, 15) is 0 Å². The number of hydrogen-bond donors (Lipinski definition) is 0. The zero-order valence-corrected chi connectivity index (χ0v) is 44.1. The molecule has 0 radical (unpaired) electrons. The second kappa shape index (κ2) is 15.5. The first-order valence-corrected chi connectivity index (χ1v) is 30.2. The quantitative estimate of drug-likeness (QED) is 0.153. The molecule has 0 saturated carbocycles. The van der Waals surface area contributed by atoms with Crippen LogP contribution >= 0.6 is 22.7 Å². The lowest BCUT2D eigenvalue weighted by atomic mass is 9.93. The first-order chi connectivity index (χ1) is 38.2. The van der Waals surface area contributed by atoms with Crippen LogP contribution in [0.4, 0.5) is 0 Å². The Balaban J connectivity index is 0.884. The number of aromatic nitrogens is 2. The van der Waals surface area contributed by atoms with Crippen LogP contribution in [0.15, 0.2) is 255 Å². The fourth-order valence-corrected chi connectivity index (χ4v) is 22.1. The van der Waals surface area contributed by atoms with Crippen LogP contribution in [-0.4, -0.2) is 17.2 Å². The molecule has 0 atom stereocenters. The van der Waals surface area contributed by atoms with Crippen molar-refractivity contribution < 1.29 is 0 Å². The van der Waals surface area contributed by atoms with Gasteiger partial charge in [0, 0.05) is 73.3 Å². The molecule has 6 heterocycles. The monoisotopic (exact) mass is 1030 g/mol. The van der Waals surface area contributed by atoms with Crippen LogP contribution in [0.5, 0.6) is 0 Å². The first kappa shape index (κ1) is 42.2. The maximum absolute atomic E-state index is 3.16. The van der Waals surface area contributed by atoms with Crippen LogP contribution in [0.2, 0.25) is 0 Å². The van der Waals surface area contributed by atoms with E-state index >= 15 is 0 Å². The summed E-state index contributed by atoms with van der Waals surface area (Å²) >= 11 is 3.83. The third-order valence-electron chi connectivity index (χ3n) is 17.3. The highest BCUT2D eigenvalue weighted by atomic mass is 32.1. The summed E-state index contributed by atoms with van der Waals surface area (Å²) in [7, 11) is -3.16. The van der Waals surface area contributed by atoms with Crippen molar-refractivity contribution in [3.8, 4) is 55.9 Å². The number of nitrogens with zero attached hydrogens (tertiary/aromatic N) is 2. The predicted molar refractivity (Wildman–Crippen MR) is 333 cm³/mol. The summed E-state index contributed by atoms with van der Waals surface area (Å²) in [6.07, 6.45) is 0. The lowest BCUT2D eigenvalue weighted by Gasteiger charge is -2.37. The van der Waals surface area contributed by atoms with Gasteiger partial charge in [-0.1, -0.05) is 170 Å². The lowest BCUT2D eigenvalue weighted by Crippen LogP contribution is -2.75. The number of para-hydroxylation sites is 4. The van der Waals surface area contributed by atoms with Crippen LogP contribution < -0.4 is 20.7 Å². The van der Waals surface area contributed by atoms with E-state index < -0.39 is 8.07 Å². The van der Waals surface area contributed by atoms with Crippen molar-refractivity contribution in [1.29, 1.82) is 0 Å². The van der Waals surface area contributed by atoms with Gasteiger partial charge in [-0.05, 0) is 150 Å². The summed E-state index contributed by atoms with van der Waals surface area (Å²) in [6.45, 7) is 0. The number of fused-ring (bicyclic) bond motifs is 26. The molecule has 0 bridgehead atoms. The molecule has 77 heavy (non-hydrogen) atoms. The Morgan fingerprint density at radius 2 is 0.506 bits per heavy atom. The molecule has 0 N–H and O–H groups in total. The van der Waals surface area contributed by atoms with E-state index in [2.05, 4.69) is 264 Å². The van der Waals surface area contributed by atoms with Gasteiger partial charge >= 0.3 is 0 Å². The van der Waals surface area contributed by atoms with Crippen molar-refractivity contribution >= 4 is 135 Å². The van der Waals surface area contributed by atoms with E-state index in [1.54, 1.807) is 0 Å². The number of benzene rings is 12. The molecule has 18 rings (SSSR count). The predicted octanol–water partition coefficient (Wildman–Crippen LogP) is 17.3. The Morgan fingerprint density at radius 1 is 0.221 bits per heavy atom. The maximum Gasteiger partial charge on any atom is 0.182 e. The van der Waals surface area contributed by atoms with Crippen molar-refractivity contribution in [3.63, 3.8) is 0 Å². The smallest absolute Gasteiger partial charge is 0.182 e. The third kappa shape index (κ3) is 5.57. The molecular formula is C72H42N2S2Si. The Labute approximate surface area is 452 Å². The fraction of sp³-hybridized carbons (Fsp3) is 0. The largest absolute Gasteiger partial charge is 0.309 e. The van der Waals surface area contributed by atoms with Gasteiger partial charge in [-0.25, -0.2) is 0 Å². The second-order valence-corrected chi connectivity index (χ2v) is 26.8. The minimum Gasteiger partial charge on any atom is -0.309 e. The average Bonchev–Trinajstić information content (AvgIpc) is 4.41. The van der Waals surface area contributed by atoms with Gasteiger partial charge in [0.2, 0.25) is 0 Å². The second-order valence-electron chi connectivity index (χ2n) is 21.0. The van der Waals surface area contributed by atoms with Gasteiger partial charge in [-0.3, -0.25) is 0 Å². The summed E-state index contributed by atoms with van der Waals surface area (Å²) in [5, 5.41) is 16.1. The molecule has 2 nitrogen and oxygen atoms in total. The van der Waals surface area contributed by atoms with Crippen molar-refractivity contribution in [1.82, 2.24) is 9.13 Å². The Kier molecular flexibility index (Phi) is 8.49. The van der Waals surface area contributed by atoms with Crippen LogP contribution in [0, 0.1) is 0 Å². The van der Waals surface area contributed by atoms with E-state index in [4.69, 9.17) is 0 Å². The number of rotatable bonds is 2. The van der Waals surface area contributed by atoms with Crippen LogP contribution in [-0.2, 0) is 0 Å². The fourth-order valence-electron chi connectivity index (χ4n) is 14.2. The van der Waals surface area contributed by atoms with Gasteiger partial charge in [0.15, 0.2) is 8.07 Å².